The zero-order valence-electron chi connectivity index (χ0n) is 17.0. The zero-order valence-corrected chi connectivity index (χ0v) is 18.6. The van der Waals surface area contributed by atoms with Crippen LogP contribution in [0.3, 0.4) is 0 Å². The molecule has 5 rings (SSSR count). The molecule has 0 aliphatic carbocycles. The summed E-state index contributed by atoms with van der Waals surface area (Å²) in [6.45, 7) is 3.94. The van der Waals surface area contributed by atoms with Gasteiger partial charge in [-0.25, -0.2) is 9.37 Å². The highest BCUT2D eigenvalue weighted by atomic mass is 35.5. The molecule has 0 fully saturated rings. The molecule has 154 valence electrons. The average molecular weight is 448 g/mol. The molecule has 0 unspecified atom stereocenters. The molecule has 6 heteroatoms. The van der Waals surface area contributed by atoms with Gasteiger partial charge in [0.2, 0.25) is 0 Å². The summed E-state index contributed by atoms with van der Waals surface area (Å²) in [5.74, 6) is 0.382. The molecule has 0 aliphatic rings. The first-order valence-electron chi connectivity index (χ1n) is 9.87. The topological polar surface area (TPSA) is 29.3 Å². The van der Waals surface area contributed by atoms with Gasteiger partial charge in [0.25, 0.3) is 0 Å². The lowest BCUT2D eigenvalue weighted by Gasteiger charge is -2.14. The third-order valence-electron chi connectivity index (χ3n) is 5.28. The summed E-state index contributed by atoms with van der Waals surface area (Å²) < 4.78 is 16.9. The standard InChI is InChI=1S/C25H19ClFN3S/c1-15-11-12-20(27)18(13-15)23-24(28-22-16(2)7-6-10-19(22)26)30-21(14-31-25(30)29-23)17-8-4-3-5-9-17/h3-14,28H,1-2H3. The van der Waals surface area contributed by atoms with Gasteiger partial charge in [-0.05, 0) is 43.2 Å². The van der Waals surface area contributed by atoms with E-state index in [1.54, 1.807) is 6.07 Å². The summed E-state index contributed by atoms with van der Waals surface area (Å²) in [4.78, 5) is 5.60. The van der Waals surface area contributed by atoms with Crippen LogP contribution in [0.25, 0.3) is 27.5 Å². The number of hydrogen-bond acceptors (Lipinski definition) is 3. The van der Waals surface area contributed by atoms with E-state index < -0.39 is 0 Å². The first kappa shape index (κ1) is 19.8. The maximum Gasteiger partial charge on any atom is 0.196 e. The Balaban J connectivity index is 1.80. The number of imidazole rings is 1. The highest BCUT2D eigenvalue weighted by Gasteiger charge is 2.22. The molecule has 0 saturated heterocycles. The predicted molar refractivity (Wildman–Crippen MR) is 128 cm³/mol. The number of aryl methyl sites for hydroxylation is 2. The maximum absolute atomic E-state index is 14.9. The van der Waals surface area contributed by atoms with Gasteiger partial charge in [0.15, 0.2) is 4.96 Å². The molecule has 0 aliphatic heterocycles. The smallest absolute Gasteiger partial charge is 0.196 e. The molecule has 31 heavy (non-hydrogen) atoms. The van der Waals surface area contributed by atoms with Crippen molar-refractivity contribution in [3.63, 3.8) is 0 Å². The van der Waals surface area contributed by atoms with E-state index in [0.717, 1.165) is 33.0 Å². The molecule has 0 spiro atoms. The average Bonchev–Trinajstić information content (AvgIpc) is 3.33. The number of aromatic nitrogens is 2. The number of thiazole rings is 1. The van der Waals surface area contributed by atoms with E-state index in [1.807, 2.05) is 60.7 Å². The summed E-state index contributed by atoms with van der Waals surface area (Å²) in [6, 6.07) is 20.9. The molecule has 0 amide bonds. The molecular weight excluding hydrogens is 429 g/mol. The molecule has 0 saturated carbocycles. The lowest BCUT2D eigenvalue weighted by molar-refractivity contribution is 0.630. The van der Waals surface area contributed by atoms with Crippen LogP contribution in [0.4, 0.5) is 15.9 Å². The van der Waals surface area contributed by atoms with E-state index in [9.17, 15) is 4.39 Å². The fourth-order valence-electron chi connectivity index (χ4n) is 3.70. The van der Waals surface area contributed by atoms with Gasteiger partial charge < -0.3 is 5.32 Å². The van der Waals surface area contributed by atoms with Crippen molar-refractivity contribution in [1.29, 1.82) is 0 Å². The molecular formula is C25H19ClFN3S. The molecule has 1 N–H and O–H groups in total. The van der Waals surface area contributed by atoms with Crippen LogP contribution in [0.15, 0.2) is 72.1 Å². The summed E-state index contributed by atoms with van der Waals surface area (Å²) in [5.41, 5.74) is 5.81. The molecule has 2 aromatic heterocycles. The van der Waals surface area contributed by atoms with Crippen LogP contribution in [0.1, 0.15) is 11.1 Å². The number of halogens is 2. The Kier molecular flexibility index (Phi) is 5.00. The second kappa shape index (κ2) is 7.84. The normalized spacial score (nSPS) is 11.2. The van der Waals surface area contributed by atoms with Gasteiger partial charge in [-0.3, -0.25) is 4.40 Å². The Morgan fingerprint density at radius 1 is 1.00 bits per heavy atom. The first-order chi connectivity index (χ1) is 15.0. The number of para-hydroxylation sites is 1. The van der Waals surface area contributed by atoms with Crippen LogP contribution in [0.5, 0.6) is 0 Å². The fourth-order valence-corrected chi connectivity index (χ4v) is 4.87. The Labute approximate surface area is 188 Å². The van der Waals surface area contributed by atoms with Crippen LogP contribution in [-0.4, -0.2) is 9.38 Å². The first-order valence-corrected chi connectivity index (χ1v) is 11.1. The predicted octanol–water partition coefficient (Wildman–Crippen LogP) is 7.88. The van der Waals surface area contributed by atoms with Crippen molar-refractivity contribution in [2.45, 2.75) is 13.8 Å². The summed E-state index contributed by atoms with van der Waals surface area (Å²) in [5, 5.41) is 6.15. The van der Waals surface area contributed by atoms with Crippen molar-refractivity contribution in [2.75, 3.05) is 5.32 Å². The van der Waals surface area contributed by atoms with Gasteiger partial charge in [-0.15, -0.1) is 11.3 Å². The molecule has 0 atom stereocenters. The molecule has 0 bridgehead atoms. The second-order valence-corrected chi connectivity index (χ2v) is 8.70. The molecule has 5 aromatic rings. The lowest BCUT2D eigenvalue weighted by Crippen LogP contribution is -2.01. The summed E-state index contributed by atoms with van der Waals surface area (Å²) >= 11 is 8.04. The van der Waals surface area contributed by atoms with Crippen LogP contribution < -0.4 is 5.32 Å². The minimum Gasteiger partial charge on any atom is -0.338 e. The van der Waals surface area contributed by atoms with Crippen molar-refractivity contribution >= 4 is 39.4 Å². The summed E-state index contributed by atoms with van der Waals surface area (Å²) in [7, 11) is 0. The van der Waals surface area contributed by atoms with E-state index in [4.69, 9.17) is 16.6 Å². The van der Waals surface area contributed by atoms with Crippen molar-refractivity contribution in [3.8, 4) is 22.5 Å². The van der Waals surface area contributed by atoms with Crippen LogP contribution in [0, 0.1) is 19.7 Å². The van der Waals surface area contributed by atoms with E-state index >= 15 is 0 Å². The molecule has 0 radical (unpaired) electrons. The van der Waals surface area contributed by atoms with Crippen LogP contribution >= 0.6 is 22.9 Å². The second-order valence-electron chi connectivity index (χ2n) is 7.45. The van der Waals surface area contributed by atoms with Crippen molar-refractivity contribution in [3.05, 3.63) is 94.1 Å². The van der Waals surface area contributed by atoms with Crippen molar-refractivity contribution < 1.29 is 4.39 Å². The van der Waals surface area contributed by atoms with Crippen LogP contribution in [-0.2, 0) is 0 Å². The molecule has 3 aromatic carbocycles. The number of nitrogens with zero attached hydrogens (tertiary/aromatic N) is 2. The van der Waals surface area contributed by atoms with Gasteiger partial charge in [0.05, 0.1) is 16.4 Å². The Hall–Kier alpha value is -3.15. The Bertz CT molecular complexity index is 1390. The highest BCUT2D eigenvalue weighted by molar-refractivity contribution is 7.15. The summed E-state index contributed by atoms with van der Waals surface area (Å²) in [6.07, 6.45) is 0. The van der Waals surface area contributed by atoms with Crippen molar-refractivity contribution in [2.24, 2.45) is 0 Å². The van der Waals surface area contributed by atoms with Gasteiger partial charge in [-0.2, -0.15) is 0 Å². The number of benzene rings is 3. The number of anilines is 2. The van der Waals surface area contributed by atoms with Gasteiger partial charge in [-0.1, -0.05) is 65.7 Å². The Morgan fingerprint density at radius 3 is 2.58 bits per heavy atom. The SMILES string of the molecule is Cc1ccc(F)c(-c2nc3scc(-c4ccccc4)n3c2Nc2c(C)cccc2Cl)c1. The van der Waals surface area contributed by atoms with Crippen molar-refractivity contribution in [1.82, 2.24) is 9.38 Å². The van der Waals surface area contributed by atoms with E-state index in [0.29, 0.717) is 22.1 Å². The monoisotopic (exact) mass is 447 g/mol. The number of rotatable bonds is 4. The van der Waals surface area contributed by atoms with Gasteiger partial charge in [0, 0.05) is 10.9 Å². The lowest BCUT2D eigenvalue weighted by atomic mass is 10.1. The third kappa shape index (κ3) is 3.50. The molecule has 3 nitrogen and oxygen atoms in total. The quantitative estimate of drug-likeness (QED) is 0.303. The van der Waals surface area contributed by atoms with Gasteiger partial charge in [0.1, 0.15) is 17.3 Å². The number of nitrogens with one attached hydrogen (secondary N) is 1. The highest BCUT2D eigenvalue weighted by Crippen LogP contribution is 2.40. The number of fused-ring (bicyclic) bond motifs is 1. The number of hydrogen-bond donors (Lipinski definition) is 1. The zero-order chi connectivity index (χ0) is 21.5. The Morgan fingerprint density at radius 2 is 1.81 bits per heavy atom. The largest absolute Gasteiger partial charge is 0.338 e. The minimum atomic E-state index is -0.309. The van der Waals surface area contributed by atoms with Crippen LogP contribution in [0.2, 0.25) is 5.02 Å². The molecule has 2 heterocycles. The fraction of sp³-hybridized carbons (Fsp3) is 0.0800. The van der Waals surface area contributed by atoms with E-state index in [-0.39, 0.29) is 5.82 Å². The van der Waals surface area contributed by atoms with Gasteiger partial charge >= 0.3 is 0 Å². The van der Waals surface area contributed by atoms with E-state index in [1.165, 1.54) is 17.4 Å². The maximum atomic E-state index is 14.9. The third-order valence-corrected chi connectivity index (χ3v) is 6.42. The minimum absolute atomic E-state index is 0.309. The van der Waals surface area contributed by atoms with E-state index in [2.05, 4.69) is 22.8 Å².